The molecule has 4 N–H and O–H groups in total. The van der Waals surface area contributed by atoms with Gasteiger partial charge in [-0.15, -0.1) is 0 Å². The Labute approximate surface area is 121 Å². The predicted molar refractivity (Wildman–Crippen MR) is 79.4 cm³/mol. The third-order valence-corrected chi connectivity index (χ3v) is 2.50. The first-order chi connectivity index (χ1) is 9.30. The van der Waals surface area contributed by atoms with Crippen molar-refractivity contribution >= 4 is 12.0 Å². The van der Waals surface area contributed by atoms with Crippen LogP contribution in [0.25, 0.3) is 0 Å². The van der Waals surface area contributed by atoms with Crippen LogP contribution in [0.1, 0.15) is 53.4 Å². The molecule has 2 amide bonds. The molecule has 118 valence electrons. The van der Waals surface area contributed by atoms with Crippen LogP contribution < -0.4 is 16.4 Å². The molecule has 6 nitrogen and oxygen atoms in total. The van der Waals surface area contributed by atoms with Crippen molar-refractivity contribution in [2.75, 3.05) is 13.1 Å². The second kappa shape index (κ2) is 9.58. The fraction of sp³-hybridized carbons (Fsp3) is 0.857. The SMILES string of the molecule is CCCNC(=O)C(CCCCN)NC(=O)OC(C)(C)C. The first kappa shape index (κ1) is 18.7. The lowest BCUT2D eigenvalue weighted by molar-refractivity contribution is -0.123. The number of hydrogen-bond donors (Lipinski definition) is 3. The van der Waals surface area contributed by atoms with Crippen molar-refractivity contribution in [1.29, 1.82) is 0 Å². The van der Waals surface area contributed by atoms with E-state index in [1.807, 2.05) is 6.92 Å². The van der Waals surface area contributed by atoms with Crippen molar-refractivity contribution in [2.24, 2.45) is 5.73 Å². The van der Waals surface area contributed by atoms with E-state index in [1.165, 1.54) is 0 Å². The van der Waals surface area contributed by atoms with Gasteiger partial charge in [0.2, 0.25) is 5.91 Å². The quantitative estimate of drug-likeness (QED) is 0.590. The summed E-state index contributed by atoms with van der Waals surface area (Å²) in [6, 6.07) is -0.567. The summed E-state index contributed by atoms with van der Waals surface area (Å²) >= 11 is 0. The molecule has 0 aromatic rings. The van der Waals surface area contributed by atoms with Crippen LogP contribution in [0, 0.1) is 0 Å². The smallest absolute Gasteiger partial charge is 0.408 e. The van der Waals surface area contributed by atoms with Crippen LogP contribution in [-0.2, 0) is 9.53 Å². The highest BCUT2D eigenvalue weighted by molar-refractivity contribution is 5.85. The summed E-state index contributed by atoms with van der Waals surface area (Å²) in [6.07, 6.45) is 2.46. The maximum atomic E-state index is 12.0. The standard InChI is InChI=1S/C14H29N3O3/c1-5-10-16-12(18)11(8-6-7-9-15)17-13(19)20-14(2,3)4/h11H,5-10,15H2,1-4H3,(H,16,18)(H,17,19). The Kier molecular flexibility index (Phi) is 8.96. The minimum atomic E-state index is -0.578. The molecule has 0 heterocycles. The largest absolute Gasteiger partial charge is 0.444 e. The van der Waals surface area contributed by atoms with Crippen molar-refractivity contribution in [1.82, 2.24) is 10.6 Å². The van der Waals surface area contributed by atoms with Gasteiger partial charge in [-0.25, -0.2) is 4.79 Å². The van der Waals surface area contributed by atoms with Crippen molar-refractivity contribution in [3.8, 4) is 0 Å². The summed E-state index contributed by atoms with van der Waals surface area (Å²) in [7, 11) is 0. The van der Waals surface area contributed by atoms with Gasteiger partial charge in [0.15, 0.2) is 0 Å². The Morgan fingerprint density at radius 2 is 1.90 bits per heavy atom. The van der Waals surface area contributed by atoms with E-state index >= 15 is 0 Å². The van der Waals surface area contributed by atoms with E-state index in [1.54, 1.807) is 20.8 Å². The number of rotatable bonds is 8. The zero-order valence-electron chi connectivity index (χ0n) is 13.1. The van der Waals surface area contributed by atoms with Gasteiger partial charge >= 0.3 is 6.09 Å². The normalized spacial score (nSPS) is 12.7. The summed E-state index contributed by atoms with van der Waals surface area (Å²) in [5.41, 5.74) is 4.87. The highest BCUT2D eigenvalue weighted by Gasteiger charge is 2.23. The first-order valence-corrected chi connectivity index (χ1v) is 7.27. The number of carbonyl (C=O) groups is 2. The molecule has 20 heavy (non-hydrogen) atoms. The van der Waals surface area contributed by atoms with Gasteiger partial charge in [0.05, 0.1) is 0 Å². The Balaban J connectivity index is 4.43. The van der Waals surface area contributed by atoms with E-state index in [0.29, 0.717) is 19.5 Å². The molecule has 0 aromatic heterocycles. The summed E-state index contributed by atoms with van der Waals surface area (Å²) < 4.78 is 5.17. The summed E-state index contributed by atoms with van der Waals surface area (Å²) in [6.45, 7) is 8.51. The van der Waals surface area contributed by atoms with Crippen LogP contribution in [0.2, 0.25) is 0 Å². The van der Waals surface area contributed by atoms with E-state index in [2.05, 4.69) is 10.6 Å². The molecule has 0 bridgehead atoms. The van der Waals surface area contributed by atoms with Crippen LogP contribution in [0.5, 0.6) is 0 Å². The predicted octanol–water partition coefficient (Wildman–Crippen LogP) is 1.53. The average Bonchev–Trinajstić information content (AvgIpc) is 2.32. The average molecular weight is 287 g/mol. The molecule has 0 rings (SSSR count). The lowest BCUT2D eigenvalue weighted by atomic mass is 10.1. The van der Waals surface area contributed by atoms with E-state index in [0.717, 1.165) is 19.3 Å². The van der Waals surface area contributed by atoms with Gasteiger partial charge in [0.1, 0.15) is 11.6 Å². The molecule has 0 aliphatic carbocycles. The van der Waals surface area contributed by atoms with Gasteiger partial charge in [-0.05, 0) is 53.0 Å². The van der Waals surface area contributed by atoms with Gasteiger partial charge in [-0.1, -0.05) is 6.92 Å². The van der Waals surface area contributed by atoms with E-state index in [-0.39, 0.29) is 5.91 Å². The molecule has 0 fully saturated rings. The second-order valence-corrected chi connectivity index (χ2v) is 5.77. The highest BCUT2D eigenvalue weighted by Crippen LogP contribution is 2.08. The molecule has 0 saturated heterocycles. The highest BCUT2D eigenvalue weighted by atomic mass is 16.6. The molecule has 0 radical (unpaired) electrons. The van der Waals surface area contributed by atoms with Crippen LogP contribution in [-0.4, -0.2) is 36.7 Å². The van der Waals surface area contributed by atoms with Crippen LogP contribution in [0.3, 0.4) is 0 Å². The summed E-state index contributed by atoms with van der Waals surface area (Å²) in [4.78, 5) is 23.7. The number of nitrogens with one attached hydrogen (secondary N) is 2. The lowest BCUT2D eigenvalue weighted by Crippen LogP contribution is -2.48. The lowest BCUT2D eigenvalue weighted by Gasteiger charge is -2.23. The molecule has 0 aliphatic heterocycles. The molecular formula is C14H29N3O3. The van der Waals surface area contributed by atoms with E-state index in [9.17, 15) is 9.59 Å². The Morgan fingerprint density at radius 1 is 1.25 bits per heavy atom. The minimum absolute atomic E-state index is 0.172. The number of ether oxygens (including phenoxy) is 1. The molecule has 0 saturated carbocycles. The number of amides is 2. The number of hydrogen-bond acceptors (Lipinski definition) is 4. The van der Waals surface area contributed by atoms with E-state index in [4.69, 9.17) is 10.5 Å². The number of unbranched alkanes of at least 4 members (excludes halogenated alkanes) is 1. The summed E-state index contributed by atoms with van der Waals surface area (Å²) in [5.74, 6) is -0.172. The zero-order valence-corrected chi connectivity index (χ0v) is 13.1. The van der Waals surface area contributed by atoms with Crippen molar-refractivity contribution in [3.63, 3.8) is 0 Å². The van der Waals surface area contributed by atoms with Gasteiger partial charge in [0.25, 0.3) is 0 Å². The third kappa shape index (κ3) is 9.61. The van der Waals surface area contributed by atoms with Gasteiger partial charge in [0, 0.05) is 6.54 Å². The minimum Gasteiger partial charge on any atom is -0.444 e. The first-order valence-electron chi connectivity index (χ1n) is 7.27. The Hall–Kier alpha value is -1.30. The molecule has 0 aromatic carbocycles. The van der Waals surface area contributed by atoms with Crippen LogP contribution in [0.4, 0.5) is 4.79 Å². The topological polar surface area (TPSA) is 93.5 Å². The number of nitrogens with two attached hydrogens (primary N) is 1. The molecule has 1 atom stereocenters. The summed E-state index contributed by atoms with van der Waals surface area (Å²) in [5, 5.41) is 5.41. The van der Waals surface area contributed by atoms with Crippen molar-refractivity contribution < 1.29 is 14.3 Å². The maximum absolute atomic E-state index is 12.0. The molecule has 0 spiro atoms. The monoisotopic (exact) mass is 287 g/mol. The number of carbonyl (C=O) groups excluding carboxylic acids is 2. The van der Waals surface area contributed by atoms with Crippen molar-refractivity contribution in [2.45, 2.75) is 65.0 Å². The second-order valence-electron chi connectivity index (χ2n) is 5.77. The molecule has 0 aliphatic rings. The Bertz CT molecular complexity index is 301. The zero-order chi connectivity index (χ0) is 15.6. The maximum Gasteiger partial charge on any atom is 0.408 e. The van der Waals surface area contributed by atoms with Gasteiger partial charge in [-0.2, -0.15) is 0 Å². The van der Waals surface area contributed by atoms with Crippen LogP contribution in [0.15, 0.2) is 0 Å². The third-order valence-electron chi connectivity index (χ3n) is 2.50. The van der Waals surface area contributed by atoms with Gasteiger partial charge < -0.3 is 21.1 Å². The van der Waals surface area contributed by atoms with Crippen molar-refractivity contribution in [3.05, 3.63) is 0 Å². The van der Waals surface area contributed by atoms with Crippen LogP contribution >= 0.6 is 0 Å². The van der Waals surface area contributed by atoms with E-state index < -0.39 is 17.7 Å². The molecular weight excluding hydrogens is 258 g/mol. The molecule has 6 heteroatoms. The van der Waals surface area contributed by atoms with Gasteiger partial charge in [-0.3, -0.25) is 4.79 Å². The fourth-order valence-corrected chi connectivity index (χ4v) is 1.58. The Morgan fingerprint density at radius 3 is 2.40 bits per heavy atom. The fourth-order valence-electron chi connectivity index (χ4n) is 1.58. The molecule has 1 unspecified atom stereocenters. The number of alkyl carbamates (subject to hydrolysis) is 1.